The summed E-state index contributed by atoms with van der Waals surface area (Å²) < 4.78 is 10.9. The van der Waals surface area contributed by atoms with Gasteiger partial charge in [-0.05, 0) is 40.6 Å². The van der Waals surface area contributed by atoms with E-state index < -0.39 is 35.1 Å². The van der Waals surface area contributed by atoms with Gasteiger partial charge in [0.2, 0.25) is 0 Å². The number of hydrogen-bond donors (Lipinski definition) is 1. The molecule has 2 aliphatic rings. The fourth-order valence-electron chi connectivity index (χ4n) is 3.20. The third kappa shape index (κ3) is 3.41. The summed E-state index contributed by atoms with van der Waals surface area (Å²) in [6.45, 7) is 1.24. The molecule has 1 aromatic heterocycles. The van der Waals surface area contributed by atoms with E-state index in [9.17, 15) is 24.5 Å². The van der Waals surface area contributed by atoms with Crippen molar-refractivity contribution in [1.82, 2.24) is 4.98 Å². The molecule has 0 fully saturated rings. The minimum atomic E-state index is -0.829. The van der Waals surface area contributed by atoms with Crippen molar-refractivity contribution < 1.29 is 28.8 Å². The highest BCUT2D eigenvalue weighted by molar-refractivity contribution is 6.08. The van der Waals surface area contributed by atoms with E-state index in [0.29, 0.717) is 17.9 Å². The average molecular weight is 412 g/mol. The Balaban J connectivity index is 1.66. The minimum absolute atomic E-state index is 0.0816. The summed E-state index contributed by atoms with van der Waals surface area (Å²) in [6.07, 6.45) is -0.480. The summed E-state index contributed by atoms with van der Waals surface area (Å²) in [7, 11) is 0. The first kappa shape index (κ1) is 19.3. The molecular formula is C19H16N4O7. The largest absolute Gasteiger partial charge is 0.482 e. The number of benzene rings is 1. The molecule has 2 aliphatic heterocycles. The molecule has 3 heterocycles. The molecule has 2 amide bonds. The molecule has 1 atom stereocenters. The Labute approximate surface area is 169 Å². The molecule has 0 radical (unpaired) electrons. The molecule has 0 aliphatic carbocycles. The van der Waals surface area contributed by atoms with Crippen molar-refractivity contribution in [3.05, 3.63) is 46.0 Å². The van der Waals surface area contributed by atoms with Gasteiger partial charge in [0.1, 0.15) is 5.75 Å². The van der Waals surface area contributed by atoms with Gasteiger partial charge in [-0.3, -0.25) is 19.3 Å². The number of carbonyl (C=O) groups excluding carboxylic acids is 3. The minimum Gasteiger partial charge on any atom is -0.482 e. The van der Waals surface area contributed by atoms with E-state index in [-0.39, 0.29) is 29.6 Å². The molecule has 1 unspecified atom stereocenters. The zero-order valence-electron chi connectivity index (χ0n) is 15.8. The van der Waals surface area contributed by atoms with Crippen LogP contribution in [-0.4, -0.2) is 46.8 Å². The van der Waals surface area contributed by atoms with Crippen LogP contribution in [-0.2, 0) is 9.59 Å². The van der Waals surface area contributed by atoms with Crippen LogP contribution in [0.15, 0.2) is 30.3 Å². The summed E-state index contributed by atoms with van der Waals surface area (Å²) in [5.41, 5.74) is 0.588. The van der Waals surface area contributed by atoms with E-state index in [1.54, 1.807) is 13.0 Å². The molecule has 1 N–H and O–H groups in total. The SMILES string of the molecule is CCC1Oc2ccc([N+](=O)[O-])nc2N(CC(=O)c2ccc3c(c2)NC(=O)CO3)C1=O. The van der Waals surface area contributed by atoms with Crippen LogP contribution in [0.1, 0.15) is 23.7 Å². The molecule has 11 heteroatoms. The number of amides is 2. The van der Waals surface area contributed by atoms with Gasteiger partial charge in [0.15, 0.2) is 24.2 Å². The van der Waals surface area contributed by atoms with E-state index in [1.807, 2.05) is 0 Å². The predicted molar refractivity (Wildman–Crippen MR) is 103 cm³/mol. The number of nitrogens with zero attached hydrogens (tertiary/aromatic N) is 3. The number of rotatable bonds is 5. The lowest BCUT2D eigenvalue weighted by molar-refractivity contribution is -0.389. The highest BCUT2D eigenvalue weighted by Gasteiger charge is 2.39. The summed E-state index contributed by atoms with van der Waals surface area (Å²) in [5.74, 6) is -1.23. The number of ether oxygens (including phenoxy) is 2. The molecule has 0 saturated heterocycles. The van der Waals surface area contributed by atoms with Crippen molar-refractivity contribution in [1.29, 1.82) is 0 Å². The number of aromatic nitrogens is 1. The molecule has 0 saturated carbocycles. The number of Topliss-reactive ketones (excluding diaryl/α,β-unsaturated/α-hetero) is 1. The highest BCUT2D eigenvalue weighted by Crippen LogP contribution is 2.35. The van der Waals surface area contributed by atoms with E-state index >= 15 is 0 Å². The van der Waals surface area contributed by atoms with Crippen LogP contribution in [0.3, 0.4) is 0 Å². The van der Waals surface area contributed by atoms with Gasteiger partial charge in [0.25, 0.3) is 17.6 Å². The van der Waals surface area contributed by atoms with Crippen LogP contribution < -0.4 is 19.7 Å². The zero-order valence-corrected chi connectivity index (χ0v) is 15.8. The van der Waals surface area contributed by atoms with Gasteiger partial charge in [-0.1, -0.05) is 6.92 Å². The summed E-state index contributed by atoms with van der Waals surface area (Å²) in [5, 5.41) is 13.7. The first-order chi connectivity index (χ1) is 14.4. The lowest BCUT2D eigenvalue weighted by atomic mass is 10.1. The van der Waals surface area contributed by atoms with Gasteiger partial charge in [0, 0.05) is 11.6 Å². The average Bonchev–Trinajstić information content (AvgIpc) is 2.74. The number of fused-ring (bicyclic) bond motifs is 2. The molecule has 30 heavy (non-hydrogen) atoms. The fourth-order valence-corrected chi connectivity index (χ4v) is 3.20. The van der Waals surface area contributed by atoms with Crippen LogP contribution >= 0.6 is 0 Å². The number of hydrogen-bond acceptors (Lipinski definition) is 8. The zero-order chi connectivity index (χ0) is 21.4. The first-order valence-corrected chi connectivity index (χ1v) is 9.10. The number of nitro groups is 1. The third-order valence-electron chi connectivity index (χ3n) is 4.68. The molecular weight excluding hydrogens is 396 g/mol. The molecule has 2 aromatic rings. The quantitative estimate of drug-likeness (QED) is 0.444. The predicted octanol–water partition coefficient (Wildman–Crippen LogP) is 1.71. The van der Waals surface area contributed by atoms with Crippen LogP contribution in [0.4, 0.5) is 17.3 Å². The number of nitrogens with one attached hydrogen (secondary N) is 1. The summed E-state index contributed by atoms with van der Waals surface area (Å²) >= 11 is 0. The Bertz CT molecular complexity index is 1080. The van der Waals surface area contributed by atoms with Crippen molar-refractivity contribution in [3.8, 4) is 11.5 Å². The Hall–Kier alpha value is -4.02. The summed E-state index contributed by atoms with van der Waals surface area (Å²) in [4.78, 5) is 52.6. The molecule has 1 aromatic carbocycles. The highest BCUT2D eigenvalue weighted by atomic mass is 16.6. The molecule has 0 bridgehead atoms. The van der Waals surface area contributed by atoms with Gasteiger partial charge < -0.3 is 24.9 Å². The smallest absolute Gasteiger partial charge is 0.366 e. The first-order valence-electron chi connectivity index (χ1n) is 9.10. The number of pyridine rings is 1. The van der Waals surface area contributed by atoms with Crippen molar-refractivity contribution in [3.63, 3.8) is 0 Å². The van der Waals surface area contributed by atoms with Gasteiger partial charge in [-0.15, -0.1) is 0 Å². The molecule has 0 spiro atoms. The fraction of sp³-hybridized carbons (Fsp3) is 0.263. The second kappa shape index (κ2) is 7.43. The standard InChI is InChI=1S/C19H16N4O7/c1-2-13-19(26)22(18-15(30-13)5-6-16(21-18)23(27)28)8-12(24)10-3-4-14-11(7-10)20-17(25)9-29-14/h3-7,13H,2,8-9H2,1H3,(H,20,25). The van der Waals surface area contributed by atoms with E-state index in [2.05, 4.69) is 10.3 Å². The Morgan fingerprint density at radius 1 is 1.30 bits per heavy atom. The van der Waals surface area contributed by atoms with Crippen LogP contribution in [0.25, 0.3) is 0 Å². The van der Waals surface area contributed by atoms with Crippen LogP contribution in [0.5, 0.6) is 11.5 Å². The van der Waals surface area contributed by atoms with Crippen molar-refractivity contribution in [2.45, 2.75) is 19.4 Å². The Morgan fingerprint density at radius 2 is 2.07 bits per heavy atom. The second-order valence-corrected chi connectivity index (χ2v) is 6.66. The van der Waals surface area contributed by atoms with E-state index in [1.165, 1.54) is 24.3 Å². The van der Waals surface area contributed by atoms with E-state index in [4.69, 9.17) is 9.47 Å². The normalized spacial score (nSPS) is 17.2. The number of anilines is 2. The summed E-state index contributed by atoms with van der Waals surface area (Å²) in [6, 6.07) is 7.06. The Morgan fingerprint density at radius 3 is 2.80 bits per heavy atom. The van der Waals surface area contributed by atoms with Gasteiger partial charge in [-0.2, -0.15) is 0 Å². The van der Waals surface area contributed by atoms with Crippen molar-refractivity contribution >= 4 is 34.9 Å². The van der Waals surface area contributed by atoms with Gasteiger partial charge >= 0.3 is 5.82 Å². The van der Waals surface area contributed by atoms with E-state index in [0.717, 1.165) is 4.90 Å². The van der Waals surface area contributed by atoms with Crippen LogP contribution in [0, 0.1) is 10.1 Å². The maximum absolute atomic E-state index is 12.9. The maximum Gasteiger partial charge on any atom is 0.366 e. The maximum atomic E-state index is 12.9. The Kier molecular flexibility index (Phi) is 4.78. The van der Waals surface area contributed by atoms with Crippen molar-refractivity contribution in [2.24, 2.45) is 0 Å². The van der Waals surface area contributed by atoms with Gasteiger partial charge in [0.05, 0.1) is 12.2 Å². The van der Waals surface area contributed by atoms with Crippen molar-refractivity contribution in [2.75, 3.05) is 23.4 Å². The number of ketones is 1. The molecule has 11 nitrogen and oxygen atoms in total. The lowest BCUT2D eigenvalue weighted by Crippen LogP contribution is -2.48. The lowest BCUT2D eigenvalue weighted by Gasteiger charge is -2.30. The monoisotopic (exact) mass is 412 g/mol. The van der Waals surface area contributed by atoms with Crippen LogP contribution in [0.2, 0.25) is 0 Å². The topological polar surface area (TPSA) is 141 Å². The number of carbonyl (C=O) groups is 3. The molecule has 154 valence electrons. The second-order valence-electron chi connectivity index (χ2n) is 6.66. The van der Waals surface area contributed by atoms with Gasteiger partial charge in [-0.25, -0.2) is 0 Å². The molecule has 4 rings (SSSR count). The third-order valence-corrected chi connectivity index (χ3v) is 4.68.